The van der Waals surface area contributed by atoms with Crippen LogP contribution in [-0.4, -0.2) is 34.7 Å². The summed E-state index contributed by atoms with van der Waals surface area (Å²) in [5.41, 5.74) is 0.580. The Morgan fingerprint density at radius 3 is 2.50 bits per heavy atom. The van der Waals surface area contributed by atoms with Gasteiger partial charge in [-0.25, -0.2) is 4.79 Å². The maximum atomic E-state index is 13.0. The van der Waals surface area contributed by atoms with Crippen molar-refractivity contribution in [2.75, 3.05) is 5.32 Å². The van der Waals surface area contributed by atoms with Crippen LogP contribution in [0.25, 0.3) is 0 Å². The Bertz CT molecular complexity index is 1200. The largest absolute Gasteiger partial charge is 0.417 e. The summed E-state index contributed by atoms with van der Waals surface area (Å²) >= 11 is 5.56. The Kier molecular flexibility index (Phi) is 6.32. The SMILES string of the molecule is O=C1CCC(N2Cc3ccc(C(=O)NC(=O)Nc4ccc(Cl)c(C(F)(F)F)c4)cc3C2)C(=O)N1. The molecule has 12 heteroatoms. The van der Waals surface area contributed by atoms with Crippen molar-refractivity contribution in [2.24, 2.45) is 0 Å². The predicted molar refractivity (Wildman–Crippen MR) is 115 cm³/mol. The van der Waals surface area contributed by atoms with Crippen molar-refractivity contribution < 1.29 is 32.3 Å². The molecule has 0 aromatic heterocycles. The first-order valence-corrected chi connectivity index (χ1v) is 10.6. The summed E-state index contributed by atoms with van der Waals surface area (Å²) in [6.07, 6.45) is -4.04. The van der Waals surface area contributed by atoms with Crippen LogP contribution in [0.5, 0.6) is 0 Å². The van der Waals surface area contributed by atoms with Crippen LogP contribution in [0.2, 0.25) is 5.02 Å². The Balaban J connectivity index is 1.39. The molecule has 0 saturated carbocycles. The fraction of sp³-hybridized carbons (Fsp3) is 0.273. The lowest BCUT2D eigenvalue weighted by Gasteiger charge is -2.29. The number of nitrogens with one attached hydrogen (secondary N) is 3. The molecule has 34 heavy (non-hydrogen) atoms. The van der Waals surface area contributed by atoms with Gasteiger partial charge in [0.05, 0.1) is 16.6 Å². The van der Waals surface area contributed by atoms with E-state index < -0.39 is 34.7 Å². The molecule has 1 fully saturated rings. The molecule has 0 radical (unpaired) electrons. The molecule has 0 spiro atoms. The number of benzene rings is 2. The molecular weight excluding hydrogens is 477 g/mol. The second kappa shape index (κ2) is 9.07. The normalized spacial score (nSPS) is 18.3. The second-order valence-corrected chi connectivity index (χ2v) is 8.36. The number of anilines is 1. The molecule has 1 atom stereocenters. The maximum Gasteiger partial charge on any atom is 0.417 e. The lowest BCUT2D eigenvalue weighted by atomic mass is 10.0. The average Bonchev–Trinajstić information content (AvgIpc) is 3.17. The van der Waals surface area contributed by atoms with E-state index in [9.17, 15) is 32.3 Å². The number of hydrogen-bond acceptors (Lipinski definition) is 5. The standard InChI is InChI=1S/C22H18ClF3N4O4/c23-16-4-3-14(8-15(16)22(24,25)26)27-21(34)29-19(32)11-1-2-12-9-30(10-13(12)7-11)17-5-6-18(31)28-20(17)33/h1-4,7-8,17H,5-6,9-10H2,(H,28,31,33)(H2,27,29,32,34). The zero-order chi connectivity index (χ0) is 24.6. The first-order valence-electron chi connectivity index (χ1n) is 10.2. The molecule has 5 amide bonds. The summed E-state index contributed by atoms with van der Waals surface area (Å²) in [6.45, 7) is 0.863. The third-order valence-corrected chi connectivity index (χ3v) is 5.95. The van der Waals surface area contributed by atoms with Gasteiger partial charge in [-0.3, -0.25) is 29.9 Å². The van der Waals surface area contributed by atoms with E-state index in [0.717, 1.165) is 17.2 Å². The fourth-order valence-corrected chi connectivity index (χ4v) is 4.20. The molecular formula is C22H18ClF3N4O4. The van der Waals surface area contributed by atoms with Crippen molar-refractivity contribution in [2.45, 2.75) is 38.1 Å². The van der Waals surface area contributed by atoms with Gasteiger partial charge in [0, 0.05) is 30.8 Å². The van der Waals surface area contributed by atoms with Crippen LogP contribution < -0.4 is 16.0 Å². The number of halogens is 4. The van der Waals surface area contributed by atoms with Crippen LogP contribution in [0.4, 0.5) is 23.7 Å². The molecule has 3 N–H and O–H groups in total. The quantitative estimate of drug-likeness (QED) is 0.567. The Hall–Kier alpha value is -3.44. The molecule has 178 valence electrons. The smallest absolute Gasteiger partial charge is 0.308 e. The van der Waals surface area contributed by atoms with E-state index in [1.807, 2.05) is 4.90 Å². The van der Waals surface area contributed by atoms with Gasteiger partial charge in [0.15, 0.2) is 0 Å². The lowest BCUT2D eigenvalue weighted by molar-refractivity contribution is -0.138. The molecule has 2 heterocycles. The van der Waals surface area contributed by atoms with E-state index in [1.165, 1.54) is 12.1 Å². The summed E-state index contributed by atoms with van der Waals surface area (Å²) in [6, 6.07) is 6.21. The topological polar surface area (TPSA) is 108 Å². The van der Waals surface area contributed by atoms with Crippen LogP contribution in [0.1, 0.15) is 39.9 Å². The lowest BCUT2D eigenvalue weighted by Crippen LogP contribution is -2.50. The highest BCUT2D eigenvalue weighted by Gasteiger charge is 2.35. The number of urea groups is 1. The maximum absolute atomic E-state index is 13.0. The van der Waals surface area contributed by atoms with E-state index in [-0.39, 0.29) is 29.5 Å². The minimum Gasteiger partial charge on any atom is -0.308 e. The summed E-state index contributed by atoms with van der Waals surface area (Å²) in [5, 5.41) is 6.07. The molecule has 2 aliphatic rings. The van der Waals surface area contributed by atoms with Crippen molar-refractivity contribution in [3.63, 3.8) is 0 Å². The summed E-state index contributed by atoms with van der Waals surface area (Å²) in [5.74, 6) is -1.40. The summed E-state index contributed by atoms with van der Waals surface area (Å²) in [4.78, 5) is 50.1. The number of carbonyl (C=O) groups excluding carboxylic acids is 4. The van der Waals surface area contributed by atoms with Gasteiger partial charge in [0.2, 0.25) is 11.8 Å². The molecule has 1 unspecified atom stereocenters. The van der Waals surface area contributed by atoms with Crippen LogP contribution in [0.15, 0.2) is 36.4 Å². The molecule has 8 nitrogen and oxygen atoms in total. The molecule has 2 aromatic carbocycles. The van der Waals surface area contributed by atoms with Crippen molar-refractivity contribution >= 4 is 41.0 Å². The zero-order valence-corrected chi connectivity index (χ0v) is 18.2. The Morgan fingerprint density at radius 1 is 1.06 bits per heavy atom. The van der Waals surface area contributed by atoms with Gasteiger partial charge >= 0.3 is 12.2 Å². The number of imide groups is 2. The van der Waals surface area contributed by atoms with Gasteiger partial charge < -0.3 is 5.32 Å². The number of hydrogen-bond donors (Lipinski definition) is 3. The van der Waals surface area contributed by atoms with Crippen molar-refractivity contribution in [3.05, 3.63) is 63.7 Å². The molecule has 0 bridgehead atoms. The Labute approximate surface area is 196 Å². The van der Waals surface area contributed by atoms with Crippen LogP contribution in [0, 0.1) is 0 Å². The van der Waals surface area contributed by atoms with Crippen LogP contribution in [0.3, 0.4) is 0 Å². The molecule has 2 aromatic rings. The average molecular weight is 495 g/mol. The van der Waals surface area contributed by atoms with Gasteiger partial charge in [0.25, 0.3) is 5.91 Å². The number of piperidine rings is 1. The second-order valence-electron chi connectivity index (χ2n) is 7.96. The number of carbonyl (C=O) groups is 4. The van der Waals surface area contributed by atoms with Gasteiger partial charge in [-0.05, 0) is 47.9 Å². The van der Waals surface area contributed by atoms with E-state index in [0.29, 0.717) is 25.6 Å². The summed E-state index contributed by atoms with van der Waals surface area (Å²) < 4.78 is 39.0. The van der Waals surface area contributed by atoms with Crippen molar-refractivity contribution in [3.8, 4) is 0 Å². The number of alkyl halides is 3. The predicted octanol–water partition coefficient (Wildman–Crippen LogP) is 3.44. The monoisotopic (exact) mass is 494 g/mol. The molecule has 2 aliphatic heterocycles. The molecule has 4 rings (SSSR count). The van der Waals surface area contributed by atoms with Gasteiger partial charge in [-0.1, -0.05) is 17.7 Å². The number of nitrogens with zero attached hydrogens (tertiary/aromatic N) is 1. The van der Waals surface area contributed by atoms with Crippen LogP contribution in [-0.2, 0) is 28.9 Å². The van der Waals surface area contributed by atoms with Gasteiger partial charge in [-0.15, -0.1) is 0 Å². The van der Waals surface area contributed by atoms with Gasteiger partial charge in [0.1, 0.15) is 0 Å². The summed E-state index contributed by atoms with van der Waals surface area (Å²) in [7, 11) is 0. The van der Waals surface area contributed by atoms with Crippen molar-refractivity contribution in [1.82, 2.24) is 15.5 Å². The van der Waals surface area contributed by atoms with Crippen molar-refractivity contribution in [1.29, 1.82) is 0 Å². The molecule has 0 aliphatic carbocycles. The zero-order valence-electron chi connectivity index (χ0n) is 17.5. The van der Waals surface area contributed by atoms with E-state index in [4.69, 9.17) is 11.6 Å². The number of rotatable bonds is 3. The minimum absolute atomic E-state index is 0.172. The van der Waals surface area contributed by atoms with Gasteiger partial charge in [-0.2, -0.15) is 13.2 Å². The number of fused-ring (bicyclic) bond motifs is 1. The highest BCUT2D eigenvalue weighted by atomic mass is 35.5. The Morgan fingerprint density at radius 2 is 1.79 bits per heavy atom. The molecule has 1 saturated heterocycles. The van der Waals surface area contributed by atoms with Crippen LogP contribution >= 0.6 is 11.6 Å². The highest BCUT2D eigenvalue weighted by Crippen LogP contribution is 2.36. The number of amides is 5. The highest BCUT2D eigenvalue weighted by molar-refractivity contribution is 6.31. The first-order chi connectivity index (χ1) is 16.0. The minimum atomic E-state index is -4.70. The third kappa shape index (κ3) is 5.05. The fourth-order valence-electron chi connectivity index (χ4n) is 3.97. The first kappa shape index (κ1) is 23.7. The van der Waals surface area contributed by atoms with E-state index in [1.54, 1.807) is 12.1 Å². The van der Waals surface area contributed by atoms with E-state index in [2.05, 4.69) is 16.0 Å². The van der Waals surface area contributed by atoms with E-state index >= 15 is 0 Å². The third-order valence-electron chi connectivity index (χ3n) is 5.62.